The van der Waals surface area contributed by atoms with Gasteiger partial charge in [0.25, 0.3) is 5.91 Å². The first kappa shape index (κ1) is 22.7. The number of hydrogen-bond acceptors (Lipinski definition) is 4. The molecule has 2 aromatic carbocycles. The molecule has 184 valence electrons. The molecule has 2 fully saturated rings. The summed E-state index contributed by atoms with van der Waals surface area (Å²) < 4.78 is 17.6. The molecule has 0 spiro atoms. The molecule has 0 unspecified atom stereocenters. The summed E-state index contributed by atoms with van der Waals surface area (Å²) in [6, 6.07) is 15.6. The fourth-order valence-electron chi connectivity index (χ4n) is 4.46. The molecule has 4 aromatic rings. The Morgan fingerprint density at radius 3 is 2.36 bits per heavy atom. The first-order valence-corrected chi connectivity index (χ1v) is 12.8. The number of fused-ring (bicyclic) bond motifs is 1. The quantitative estimate of drug-likeness (QED) is 0.321. The van der Waals surface area contributed by atoms with E-state index < -0.39 is 5.95 Å². The molecule has 0 aliphatic heterocycles. The molecule has 2 N–H and O–H groups in total. The Balaban J connectivity index is 1.41. The summed E-state index contributed by atoms with van der Waals surface area (Å²) >= 11 is 0. The van der Waals surface area contributed by atoms with Crippen LogP contribution in [0, 0.1) is 11.9 Å². The zero-order valence-corrected chi connectivity index (χ0v) is 20.6. The predicted molar refractivity (Wildman–Crippen MR) is 140 cm³/mol. The minimum Gasteiger partial charge on any atom is -0.367 e. The number of carbonyl (C=O) groups excluding carboxylic acids is 1. The van der Waals surface area contributed by atoms with Gasteiger partial charge in [-0.3, -0.25) is 9.20 Å². The van der Waals surface area contributed by atoms with Crippen LogP contribution in [-0.2, 0) is 0 Å². The molecule has 36 heavy (non-hydrogen) atoms. The van der Waals surface area contributed by atoms with Gasteiger partial charge in [-0.15, -0.1) is 0 Å². The lowest BCUT2D eigenvalue weighted by atomic mass is 10.1. The Morgan fingerprint density at radius 1 is 1.03 bits per heavy atom. The Bertz CT molecular complexity index is 1420. The average Bonchev–Trinajstić information content (AvgIpc) is 3.82. The standard InChI is InChI=1S/C29H30FN5O/c1-17(2)15-31-27-28-32-16-24(20-7-11-22(12-8-20)29(36)33-23-13-14-23)35(28)26(30)25(34-27)21-9-5-19(6-10-21)18-3-4-18/h5-12,16-18,23H,3-4,13-15H2,1-2H3,(H,31,34)(H,33,36). The van der Waals surface area contributed by atoms with Crippen LogP contribution in [0.2, 0.25) is 0 Å². The number of aromatic nitrogens is 3. The molecule has 2 aromatic heterocycles. The highest BCUT2D eigenvalue weighted by molar-refractivity contribution is 5.95. The van der Waals surface area contributed by atoms with Crippen molar-refractivity contribution in [1.29, 1.82) is 0 Å². The number of halogens is 1. The van der Waals surface area contributed by atoms with Crippen LogP contribution >= 0.6 is 0 Å². The van der Waals surface area contributed by atoms with Gasteiger partial charge in [0.05, 0.1) is 11.9 Å². The van der Waals surface area contributed by atoms with E-state index in [4.69, 9.17) is 0 Å². The van der Waals surface area contributed by atoms with Gasteiger partial charge in [0.15, 0.2) is 11.5 Å². The van der Waals surface area contributed by atoms with Gasteiger partial charge in [0.1, 0.15) is 5.69 Å². The second-order valence-corrected chi connectivity index (χ2v) is 10.4. The minimum absolute atomic E-state index is 0.0744. The van der Waals surface area contributed by atoms with Crippen molar-refractivity contribution in [2.45, 2.75) is 51.5 Å². The lowest BCUT2D eigenvalue weighted by molar-refractivity contribution is 0.0951. The minimum atomic E-state index is -0.456. The summed E-state index contributed by atoms with van der Waals surface area (Å²) in [7, 11) is 0. The first-order valence-electron chi connectivity index (χ1n) is 12.8. The first-order chi connectivity index (χ1) is 17.5. The maximum absolute atomic E-state index is 16.1. The number of hydrogen-bond donors (Lipinski definition) is 2. The summed E-state index contributed by atoms with van der Waals surface area (Å²) in [4.78, 5) is 21.6. The molecule has 7 heteroatoms. The van der Waals surface area contributed by atoms with E-state index in [2.05, 4.69) is 46.6 Å². The van der Waals surface area contributed by atoms with E-state index in [-0.39, 0.29) is 11.6 Å². The number of nitrogens with zero attached hydrogens (tertiary/aromatic N) is 3. The Labute approximate surface area is 210 Å². The van der Waals surface area contributed by atoms with Crippen molar-refractivity contribution in [2.75, 3.05) is 11.9 Å². The lowest BCUT2D eigenvalue weighted by Gasteiger charge is -2.14. The smallest absolute Gasteiger partial charge is 0.251 e. The van der Waals surface area contributed by atoms with Crippen molar-refractivity contribution in [1.82, 2.24) is 19.7 Å². The third-order valence-electron chi connectivity index (χ3n) is 6.86. The fourth-order valence-corrected chi connectivity index (χ4v) is 4.46. The largest absolute Gasteiger partial charge is 0.367 e. The fraction of sp³-hybridized carbons (Fsp3) is 0.345. The van der Waals surface area contributed by atoms with Crippen LogP contribution in [0.1, 0.15) is 61.4 Å². The van der Waals surface area contributed by atoms with Crippen LogP contribution in [0.4, 0.5) is 10.2 Å². The van der Waals surface area contributed by atoms with E-state index in [1.165, 1.54) is 22.8 Å². The Kier molecular flexibility index (Phi) is 5.70. The van der Waals surface area contributed by atoms with Gasteiger partial charge in [-0.05, 0) is 55.2 Å². The maximum Gasteiger partial charge on any atom is 0.251 e. The molecule has 2 saturated carbocycles. The summed E-state index contributed by atoms with van der Waals surface area (Å²) in [6.45, 7) is 4.92. The van der Waals surface area contributed by atoms with E-state index >= 15 is 4.39 Å². The van der Waals surface area contributed by atoms with Gasteiger partial charge in [0.2, 0.25) is 5.95 Å². The van der Waals surface area contributed by atoms with Gasteiger partial charge >= 0.3 is 0 Å². The third kappa shape index (κ3) is 4.45. The highest BCUT2D eigenvalue weighted by Gasteiger charge is 2.25. The maximum atomic E-state index is 16.1. The predicted octanol–water partition coefficient (Wildman–Crippen LogP) is 6.04. The molecule has 2 aliphatic carbocycles. The van der Waals surface area contributed by atoms with E-state index in [9.17, 15) is 4.79 Å². The topological polar surface area (TPSA) is 71.3 Å². The van der Waals surface area contributed by atoms with E-state index in [0.717, 1.165) is 24.0 Å². The number of carbonyl (C=O) groups is 1. The molecule has 2 aliphatic rings. The number of anilines is 1. The molecular formula is C29H30FN5O. The van der Waals surface area contributed by atoms with Crippen molar-refractivity contribution in [3.8, 4) is 22.5 Å². The van der Waals surface area contributed by atoms with Gasteiger partial charge in [0, 0.05) is 29.3 Å². The van der Waals surface area contributed by atoms with Crippen molar-refractivity contribution in [3.63, 3.8) is 0 Å². The third-order valence-corrected chi connectivity index (χ3v) is 6.86. The van der Waals surface area contributed by atoms with Crippen LogP contribution in [0.5, 0.6) is 0 Å². The molecule has 6 rings (SSSR count). The van der Waals surface area contributed by atoms with Crippen LogP contribution in [0.15, 0.2) is 54.7 Å². The number of nitrogens with one attached hydrogen (secondary N) is 2. The second-order valence-electron chi connectivity index (χ2n) is 10.4. The zero-order valence-electron chi connectivity index (χ0n) is 20.6. The Morgan fingerprint density at radius 2 is 1.72 bits per heavy atom. The summed E-state index contributed by atoms with van der Waals surface area (Å²) in [5.41, 5.74) is 4.75. The summed E-state index contributed by atoms with van der Waals surface area (Å²) in [5, 5.41) is 6.36. The molecule has 2 heterocycles. The van der Waals surface area contributed by atoms with E-state index in [1.807, 2.05) is 24.3 Å². The van der Waals surface area contributed by atoms with Crippen molar-refractivity contribution in [2.24, 2.45) is 5.92 Å². The summed E-state index contributed by atoms with van der Waals surface area (Å²) in [5.74, 6) is 1.05. The number of imidazole rings is 1. The Hall–Kier alpha value is -3.74. The van der Waals surface area contributed by atoms with Crippen molar-refractivity contribution >= 4 is 17.4 Å². The molecule has 6 nitrogen and oxygen atoms in total. The van der Waals surface area contributed by atoms with Gasteiger partial charge in [-0.2, -0.15) is 4.39 Å². The SMILES string of the molecule is CC(C)CNc1nc(-c2ccc(C3CC3)cc2)c(F)n2c(-c3ccc(C(=O)NC4CC4)cc3)cnc12. The zero-order chi connectivity index (χ0) is 24.8. The number of benzene rings is 2. The van der Waals surface area contributed by atoms with Crippen LogP contribution in [0.25, 0.3) is 28.2 Å². The van der Waals surface area contributed by atoms with Gasteiger partial charge in [-0.1, -0.05) is 50.2 Å². The van der Waals surface area contributed by atoms with Crippen molar-refractivity contribution < 1.29 is 9.18 Å². The lowest BCUT2D eigenvalue weighted by Crippen LogP contribution is -2.25. The van der Waals surface area contributed by atoms with Crippen LogP contribution < -0.4 is 10.6 Å². The average molecular weight is 484 g/mol. The van der Waals surface area contributed by atoms with E-state index in [0.29, 0.717) is 47.1 Å². The van der Waals surface area contributed by atoms with Crippen LogP contribution in [0.3, 0.4) is 0 Å². The summed E-state index contributed by atoms with van der Waals surface area (Å²) in [6.07, 6.45) is 6.19. The monoisotopic (exact) mass is 483 g/mol. The molecule has 0 saturated heterocycles. The highest BCUT2D eigenvalue weighted by atomic mass is 19.1. The van der Waals surface area contributed by atoms with Crippen LogP contribution in [-0.4, -0.2) is 32.9 Å². The van der Waals surface area contributed by atoms with Gasteiger partial charge < -0.3 is 10.6 Å². The highest BCUT2D eigenvalue weighted by Crippen LogP contribution is 2.40. The molecule has 1 amide bonds. The molecule has 0 bridgehead atoms. The van der Waals surface area contributed by atoms with Crippen molar-refractivity contribution in [3.05, 3.63) is 71.8 Å². The van der Waals surface area contributed by atoms with Gasteiger partial charge in [-0.25, -0.2) is 9.97 Å². The number of rotatable bonds is 8. The molecule has 0 atom stereocenters. The number of amides is 1. The normalized spacial score (nSPS) is 15.4. The molecular weight excluding hydrogens is 453 g/mol. The molecule has 0 radical (unpaired) electrons. The van der Waals surface area contributed by atoms with E-state index in [1.54, 1.807) is 18.3 Å². The second kappa shape index (κ2) is 9.04.